The van der Waals surface area contributed by atoms with E-state index in [0.717, 1.165) is 38.5 Å². The second kappa shape index (κ2) is 8.87. The quantitative estimate of drug-likeness (QED) is 0.498. The van der Waals surface area contributed by atoms with Crippen LogP contribution >= 0.6 is 0 Å². The highest BCUT2D eigenvalue weighted by Gasteiger charge is 2.68. The number of esters is 1. The van der Waals surface area contributed by atoms with Crippen LogP contribution in [0.15, 0.2) is 0 Å². The predicted molar refractivity (Wildman–Crippen MR) is 132 cm³/mol. The van der Waals surface area contributed by atoms with E-state index >= 15 is 0 Å². The van der Waals surface area contributed by atoms with Gasteiger partial charge in [0.2, 0.25) is 0 Å². The molecule has 0 aromatic carbocycles. The fraction of sp³-hybridized carbons (Fsp3) is 0.931. The zero-order valence-corrected chi connectivity index (χ0v) is 22.4. The summed E-state index contributed by atoms with van der Waals surface area (Å²) in [5, 5.41) is 21.9. The van der Waals surface area contributed by atoms with Gasteiger partial charge in [0, 0.05) is 25.2 Å². The smallest absolute Gasteiger partial charge is 0.302 e. The van der Waals surface area contributed by atoms with E-state index in [1.165, 1.54) is 26.2 Å². The number of hydrogen-bond acceptors (Lipinski definition) is 5. The van der Waals surface area contributed by atoms with Crippen molar-refractivity contribution in [1.82, 2.24) is 0 Å². The summed E-state index contributed by atoms with van der Waals surface area (Å²) in [6, 6.07) is 0. The van der Waals surface area contributed by atoms with Crippen LogP contribution in [0.4, 0.5) is 0 Å². The number of ketones is 1. The van der Waals surface area contributed by atoms with Gasteiger partial charge in [-0.2, -0.15) is 0 Å². The van der Waals surface area contributed by atoms with Crippen molar-refractivity contribution in [3.63, 3.8) is 0 Å². The molecule has 194 valence electrons. The summed E-state index contributed by atoms with van der Waals surface area (Å²) in [6.45, 7) is 12.2. The van der Waals surface area contributed by atoms with Crippen LogP contribution in [0.1, 0.15) is 112 Å². The summed E-state index contributed by atoms with van der Waals surface area (Å²) in [6.07, 6.45) is 9.58. The van der Waals surface area contributed by atoms with Crippen LogP contribution in [-0.2, 0) is 14.3 Å². The van der Waals surface area contributed by atoms with Crippen molar-refractivity contribution in [2.75, 3.05) is 0 Å². The minimum Gasteiger partial charge on any atom is -0.462 e. The first-order chi connectivity index (χ1) is 15.7. The van der Waals surface area contributed by atoms with Crippen LogP contribution in [0.2, 0.25) is 0 Å². The highest BCUT2D eigenvalue weighted by molar-refractivity contribution is 5.89. The molecule has 34 heavy (non-hydrogen) atoms. The third-order valence-corrected chi connectivity index (χ3v) is 11.1. The molecule has 4 fully saturated rings. The molecule has 0 spiro atoms. The van der Waals surface area contributed by atoms with Gasteiger partial charge in [0.1, 0.15) is 11.7 Å². The lowest BCUT2D eigenvalue weighted by atomic mass is 9.42. The first-order valence-electron chi connectivity index (χ1n) is 13.9. The van der Waals surface area contributed by atoms with Crippen molar-refractivity contribution in [1.29, 1.82) is 0 Å². The highest BCUT2D eigenvalue weighted by atomic mass is 16.5. The van der Waals surface area contributed by atoms with Crippen LogP contribution < -0.4 is 0 Å². The lowest BCUT2D eigenvalue weighted by Crippen LogP contribution is -2.67. The molecule has 9 atom stereocenters. The van der Waals surface area contributed by atoms with Crippen LogP contribution in [0.5, 0.6) is 0 Å². The SMILES string of the molecule is CC(=O)O[C@H]1CC[C@]2(C)[C@H]3CC[C@]4(C)[C@@H]([C@H](C)CCCC(C)(C)O)CC[C@H]4[C@@H]3CC(=O)C2(O)C1. The second-order valence-corrected chi connectivity index (χ2v) is 13.7. The molecule has 0 bridgehead atoms. The van der Waals surface area contributed by atoms with E-state index in [1.54, 1.807) is 0 Å². The molecular formula is C29H48O5. The third-order valence-electron chi connectivity index (χ3n) is 11.1. The molecule has 0 aromatic rings. The Morgan fingerprint density at radius 2 is 1.85 bits per heavy atom. The standard InChI is InChI=1S/C29H48O5/c1-18(8-7-13-26(3,4)32)22-9-10-23-21-16-25(31)29(33)17-20(34-19(2)30)11-15-28(29,6)24(21)12-14-27(22,23)5/h18,20-24,32-33H,7-17H2,1-6H3/t18-,20+,21+,22-,23+,24+,27-,28-,29?/m1/s1. The summed E-state index contributed by atoms with van der Waals surface area (Å²) in [7, 11) is 0. The number of fused-ring (bicyclic) bond motifs is 5. The van der Waals surface area contributed by atoms with Crippen LogP contribution in [0.3, 0.4) is 0 Å². The molecule has 2 N–H and O–H groups in total. The number of carbonyl (C=O) groups is 2. The molecule has 4 saturated carbocycles. The molecule has 4 aliphatic carbocycles. The van der Waals surface area contributed by atoms with E-state index in [9.17, 15) is 19.8 Å². The van der Waals surface area contributed by atoms with Crippen molar-refractivity contribution < 1.29 is 24.5 Å². The fourth-order valence-corrected chi connectivity index (χ4v) is 9.37. The maximum Gasteiger partial charge on any atom is 0.302 e. The van der Waals surface area contributed by atoms with Crippen molar-refractivity contribution in [2.45, 2.75) is 129 Å². The fourth-order valence-electron chi connectivity index (χ4n) is 9.37. The Morgan fingerprint density at radius 3 is 2.50 bits per heavy atom. The van der Waals surface area contributed by atoms with E-state index in [4.69, 9.17) is 4.74 Å². The van der Waals surface area contributed by atoms with Gasteiger partial charge in [-0.15, -0.1) is 0 Å². The first-order valence-corrected chi connectivity index (χ1v) is 13.9. The first kappa shape index (κ1) is 26.1. The second-order valence-electron chi connectivity index (χ2n) is 13.7. The van der Waals surface area contributed by atoms with Crippen LogP contribution in [-0.4, -0.2) is 39.3 Å². The number of hydrogen-bond donors (Lipinski definition) is 2. The lowest BCUT2D eigenvalue weighted by molar-refractivity contribution is -0.217. The van der Waals surface area contributed by atoms with E-state index in [0.29, 0.717) is 36.0 Å². The van der Waals surface area contributed by atoms with E-state index < -0.39 is 16.6 Å². The Kier molecular flexibility index (Phi) is 6.82. The Bertz CT molecular complexity index is 801. The number of aliphatic hydroxyl groups is 2. The van der Waals surface area contributed by atoms with Crippen LogP contribution in [0, 0.1) is 40.4 Å². The lowest BCUT2D eigenvalue weighted by Gasteiger charge is -2.63. The van der Waals surface area contributed by atoms with Gasteiger partial charge in [-0.05, 0) is 93.8 Å². The molecule has 0 amide bonds. The molecule has 0 saturated heterocycles. The van der Waals surface area contributed by atoms with E-state index in [1.807, 2.05) is 13.8 Å². The molecule has 5 heteroatoms. The zero-order valence-electron chi connectivity index (χ0n) is 22.4. The summed E-state index contributed by atoms with van der Waals surface area (Å²) >= 11 is 0. The summed E-state index contributed by atoms with van der Waals surface area (Å²) < 4.78 is 5.45. The average molecular weight is 477 g/mol. The van der Waals surface area contributed by atoms with Gasteiger partial charge in [0.15, 0.2) is 5.78 Å². The Labute approximate surface area is 206 Å². The zero-order chi connectivity index (χ0) is 25.1. The van der Waals surface area contributed by atoms with Crippen molar-refractivity contribution in [3.05, 3.63) is 0 Å². The van der Waals surface area contributed by atoms with Gasteiger partial charge in [-0.25, -0.2) is 0 Å². The largest absolute Gasteiger partial charge is 0.462 e. The molecular weight excluding hydrogens is 428 g/mol. The Morgan fingerprint density at radius 1 is 1.15 bits per heavy atom. The van der Waals surface area contributed by atoms with Gasteiger partial charge in [-0.1, -0.05) is 33.6 Å². The highest BCUT2D eigenvalue weighted by Crippen LogP contribution is 2.68. The molecule has 0 aromatic heterocycles. The topological polar surface area (TPSA) is 83.8 Å². The van der Waals surface area contributed by atoms with Gasteiger partial charge in [0.25, 0.3) is 0 Å². The normalized spacial score (nSPS) is 45.2. The van der Waals surface area contributed by atoms with Crippen LogP contribution in [0.25, 0.3) is 0 Å². The minimum absolute atomic E-state index is 0.0148. The Balaban J connectivity index is 1.50. The molecule has 5 nitrogen and oxygen atoms in total. The number of rotatable bonds is 6. The minimum atomic E-state index is -1.37. The van der Waals surface area contributed by atoms with Crippen molar-refractivity contribution in [3.8, 4) is 0 Å². The number of Topliss-reactive ketones (excluding diaryl/α,β-unsaturated/α-hetero) is 1. The number of ether oxygens (including phenoxy) is 1. The molecule has 0 heterocycles. The average Bonchev–Trinajstić information content (AvgIpc) is 3.06. The number of carbonyl (C=O) groups excluding carboxylic acids is 2. The van der Waals surface area contributed by atoms with Gasteiger partial charge in [-0.3, -0.25) is 9.59 Å². The molecule has 1 unspecified atom stereocenters. The van der Waals surface area contributed by atoms with Crippen molar-refractivity contribution >= 4 is 11.8 Å². The van der Waals surface area contributed by atoms with Gasteiger partial charge in [0.05, 0.1) is 5.60 Å². The molecule has 4 rings (SSSR count). The maximum absolute atomic E-state index is 13.6. The van der Waals surface area contributed by atoms with Crippen molar-refractivity contribution in [2.24, 2.45) is 40.4 Å². The summed E-state index contributed by atoms with van der Waals surface area (Å²) in [5.74, 6) is 2.21. The molecule has 0 aliphatic heterocycles. The monoisotopic (exact) mass is 476 g/mol. The summed E-state index contributed by atoms with van der Waals surface area (Å²) in [5.41, 5.74) is -2.14. The van der Waals surface area contributed by atoms with Gasteiger partial charge >= 0.3 is 5.97 Å². The molecule has 0 radical (unpaired) electrons. The maximum atomic E-state index is 13.6. The van der Waals surface area contributed by atoms with E-state index in [2.05, 4.69) is 20.8 Å². The Hall–Kier alpha value is -0.940. The molecule has 4 aliphatic rings. The van der Waals surface area contributed by atoms with Gasteiger partial charge < -0.3 is 14.9 Å². The third kappa shape index (κ3) is 4.27. The van der Waals surface area contributed by atoms with E-state index in [-0.39, 0.29) is 29.7 Å². The predicted octanol–water partition coefficient (Wildman–Crippen LogP) is 5.45. The summed E-state index contributed by atoms with van der Waals surface area (Å²) in [4.78, 5) is 25.1.